The van der Waals surface area contributed by atoms with Crippen molar-refractivity contribution in [3.05, 3.63) is 35.9 Å². The Morgan fingerprint density at radius 2 is 1.38 bits per heavy atom. The normalized spacial score (nSPS) is 18.0. The number of ether oxygens (including phenoxy) is 5. The van der Waals surface area contributed by atoms with Gasteiger partial charge in [0.1, 0.15) is 12.1 Å². The number of sulfonamides is 1. The SMILES string of the molecule is CCC(C)C(C(CC(=O)N1CCCC1C(OC)C(C)C(=O)NC(Cc1ccccc1)C(=O)NS(=O)(=O)C(C)CC)OC)N(C)C(=O)C(NC(=O)C(C(C)C)N(C)CCOCCOCCOCCON)C(C)C. The fourth-order valence-corrected chi connectivity index (χ4v) is 10.2. The van der Waals surface area contributed by atoms with Gasteiger partial charge in [0, 0.05) is 40.8 Å². The van der Waals surface area contributed by atoms with Gasteiger partial charge in [-0.1, -0.05) is 92.1 Å². The molecule has 1 aromatic carbocycles. The van der Waals surface area contributed by atoms with E-state index in [4.69, 9.17) is 29.6 Å². The summed E-state index contributed by atoms with van der Waals surface area (Å²) in [7, 11) is 2.54. The number of carbonyl (C=O) groups excluding carboxylic acids is 5. The van der Waals surface area contributed by atoms with Gasteiger partial charge >= 0.3 is 0 Å². The highest BCUT2D eigenvalue weighted by Crippen LogP contribution is 2.30. The lowest BCUT2D eigenvalue weighted by molar-refractivity contribution is -0.148. The van der Waals surface area contributed by atoms with Gasteiger partial charge in [-0.3, -0.25) is 33.6 Å². The number of carbonyl (C=O) groups is 5. The van der Waals surface area contributed by atoms with Crippen LogP contribution in [0, 0.1) is 23.7 Å². The summed E-state index contributed by atoms with van der Waals surface area (Å²) in [6.45, 7) is 20.1. The number of rotatable bonds is 36. The smallest absolute Gasteiger partial charge is 0.256 e. The topological polar surface area (TPSA) is 247 Å². The van der Waals surface area contributed by atoms with Crippen LogP contribution in [0.1, 0.15) is 100.0 Å². The Balaban J connectivity index is 2.22. The Morgan fingerprint density at radius 1 is 0.778 bits per heavy atom. The van der Waals surface area contributed by atoms with Gasteiger partial charge in [-0.25, -0.2) is 14.3 Å². The highest BCUT2D eigenvalue weighted by Gasteiger charge is 2.44. The predicted molar refractivity (Wildman–Crippen MR) is 276 cm³/mol. The molecule has 2 rings (SSSR count). The summed E-state index contributed by atoms with van der Waals surface area (Å²) in [5.74, 6) is 1.42. The Kier molecular flexibility index (Phi) is 29.6. The maximum atomic E-state index is 14.6. The van der Waals surface area contributed by atoms with Gasteiger partial charge in [0.05, 0.1) is 94.2 Å². The maximum Gasteiger partial charge on any atom is 0.256 e. The molecule has 72 heavy (non-hydrogen) atoms. The third-order valence-corrected chi connectivity index (χ3v) is 15.7. The zero-order chi connectivity index (χ0) is 54.1. The van der Waals surface area contributed by atoms with Crippen LogP contribution in [-0.4, -0.2) is 188 Å². The molecule has 1 saturated heterocycles. The van der Waals surface area contributed by atoms with E-state index in [1.165, 1.54) is 21.1 Å². The first kappa shape index (κ1) is 64.3. The van der Waals surface area contributed by atoms with Gasteiger partial charge in [0.15, 0.2) is 0 Å². The first-order chi connectivity index (χ1) is 34.1. The number of amides is 5. The van der Waals surface area contributed by atoms with Crippen LogP contribution >= 0.6 is 0 Å². The summed E-state index contributed by atoms with van der Waals surface area (Å²) >= 11 is 0. The molecule has 1 heterocycles. The van der Waals surface area contributed by atoms with Crippen LogP contribution in [0.2, 0.25) is 0 Å². The summed E-state index contributed by atoms with van der Waals surface area (Å²) in [6, 6.07) is 5.26. The highest BCUT2D eigenvalue weighted by atomic mass is 32.2. The highest BCUT2D eigenvalue weighted by molar-refractivity contribution is 7.90. The number of hydrogen-bond donors (Lipinski definition) is 4. The van der Waals surface area contributed by atoms with Crippen LogP contribution < -0.4 is 21.3 Å². The van der Waals surface area contributed by atoms with Crippen LogP contribution in [0.15, 0.2) is 30.3 Å². The first-order valence-corrected chi connectivity index (χ1v) is 27.2. The van der Waals surface area contributed by atoms with Gasteiger partial charge in [-0.2, -0.15) is 0 Å². The average Bonchev–Trinajstić information content (AvgIpc) is 3.83. The first-order valence-electron chi connectivity index (χ1n) is 25.7. The monoisotopic (exact) mass is 1040 g/mol. The van der Waals surface area contributed by atoms with Gasteiger partial charge in [0.25, 0.3) is 5.91 Å². The van der Waals surface area contributed by atoms with E-state index in [1.807, 2.05) is 59.6 Å². The van der Waals surface area contributed by atoms with Crippen molar-refractivity contribution in [1.82, 2.24) is 30.1 Å². The van der Waals surface area contributed by atoms with E-state index in [2.05, 4.69) is 20.2 Å². The summed E-state index contributed by atoms with van der Waals surface area (Å²) in [6.07, 6.45) is 0.594. The minimum atomic E-state index is -4.00. The molecule has 1 aliphatic rings. The minimum absolute atomic E-state index is 0.0408. The Bertz CT molecular complexity index is 1880. The molecule has 0 spiro atoms. The Hall–Kier alpha value is -3.80. The maximum absolute atomic E-state index is 14.6. The second kappa shape index (κ2) is 33.2. The van der Waals surface area contributed by atoms with Gasteiger partial charge in [-0.15, -0.1) is 0 Å². The van der Waals surface area contributed by atoms with Crippen molar-refractivity contribution in [2.75, 3.05) is 87.7 Å². The van der Waals surface area contributed by atoms with Gasteiger partial charge in [0.2, 0.25) is 33.7 Å². The van der Waals surface area contributed by atoms with Crippen molar-refractivity contribution in [3.63, 3.8) is 0 Å². The molecule has 21 heteroatoms. The van der Waals surface area contributed by atoms with Crippen molar-refractivity contribution in [1.29, 1.82) is 0 Å². The van der Waals surface area contributed by atoms with Crippen LogP contribution in [0.3, 0.4) is 0 Å². The Morgan fingerprint density at radius 3 is 1.90 bits per heavy atom. The lowest BCUT2D eigenvalue weighted by Gasteiger charge is -2.41. The van der Waals surface area contributed by atoms with E-state index in [0.29, 0.717) is 78.6 Å². The van der Waals surface area contributed by atoms with Crippen LogP contribution in [0.25, 0.3) is 0 Å². The predicted octanol–water partition coefficient (Wildman–Crippen LogP) is 2.92. The minimum Gasteiger partial charge on any atom is -0.379 e. The van der Waals surface area contributed by atoms with Gasteiger partial charge in [-0.05, 0) is 56.6 Å². The molecule has 0 saturated carbocycles. The number of nitrogens with two attached hydrogens (primary N) is 1. The molecular weight excluding hydrogens is 951 g/mol. The average molecular weight is 1040 g/mol. The molecule has 0 radical (unpaired) electrons. The molecule has 1 aromatic rings. The molecule has 0 bridgehead atoms. The van der Waals surface area contributed by atoms with Crippen molar-refractivity contribution in [3.8, 4) is 0 Å². The molecular formula is C51H91N7O13S. The third-order valence-electron chi connectivity index (χ3n) is 13.8. The van der Waals surface area contributed by atoms with E-state index < -0.39 is 75.4 Å². The summed E-state index contributed by atoms with van der Waals surface area (Å²) in [4.78, 5) is 80.6. The third kappa shape index (κ3) is 20.1. The lowest BCUT2D eigenvalue weighted by Crippen LogP contribution is -2.60. The van der Waals surface area contributed by atoms with Crippen molar-refractivity contribution in [2.24, 2.45) is 29.6 Å². The molecule has 0 aliphatic carbocycles. The van der Waals surface area contributed by atoms with Crippen LogP contribution in [0.4, 0.5) is 0 Å². The van der Waals surface area contributed by atoms with E-state index in [-0.39, 0.29) is 54.7 Å². The molecule has 1 fully saturated rings. The Labute approximate surface area is 430 Å². The lowest BCUT2D eigenvalue weighted by atomic mass is 9.89. The van der Waals surface area contributed by atoms with E-state index in [9.17, 15) is 32.4 Å². The van der Waals surface area contributed by atoms with Crippen LogP contribution in [-0.2, 0) is 68.9 Å². The van der Waals surface area contributed by atoms with Crippen LogP contribution in [0.5, 0.6) is 0 Å². The number of methoxy groups -OCH3 is 2. The van der Waals surface area contributed by atoms with Crippen molar-refractivity contribution < 1.29 is 60.9 Å². The summed E-state index contributed by atoms with van der Waals surface area (Å²) in [5, 5.41) is 5.04. The van der Waals surface area contributed by atoms with E-state index in [1.54, 1.807) is 55.0 Å². The largest absolute Gasteiger partial charge is 0.379 e. The number of likely N-dealkylation sites (N-methyl/N-ethyl adjacent to an activating group) is 2. The number of nitrogens with one attached hydrogen (secondary N) is 3. The zero-order valence-electron chi connectivity index (χ0n) is 45.6. The van der Waals surface area contributed by atoms with E-state index >= 15 is 0 Å². The molecule has 5 amide bonds. The molecule has 0 aromatic heterocycles. The molecule has 1 aliphatic heterocycles. The number of likely N-dealkylation sites (tertiary alicyclic amines) is 1. The quantitative estimate of drug-likeness (QED) is 0.0558. The molecule has 10 atom stereocenters. The zero-order valence-corrected chi connectivity index (χ0v) is 46.4. The van der Waals surface area contributed by atoms with Crippen molar-refractivity contribution in [2.45, 2.75) is 149 Å². The number of hydrogen-bond acceptors (Lipinski definition) is 15. The second-order valence-corrected chi connectivity index (χ2v) is 21.8. The van der Waals surface area contributed by atoms with Crippen molar-refractivity contribution >= 4 is 39.6 Å². The summed E-state index contributed by atoms with van der Waals surface area (Å²) < 4.78 is 56.7. The molecule has 10 unspecified atom stereocenters. The molecule has 20 nitrogen and oxygen atoms in total. The summed E-state index contributed by atoms with van der Waals surface area (Å²) in [5.41, 5.74) is 0.719. The number of benzene rings is 1. The van der Waals surface area contributed by atoms with Gasteiger partial charge < -0.3 is 49.0 Å². The molecule has 5 N–H and O–H groups in total. The standard InChI is InChI=1S/C51H91N7O13S/c1-14-36(7)46(57(11)51(63)44(34(3)4)54-50(62)45(35(5)6)56(10)24-25-68-26-27-69-28-29-70-30-31-71-52)42(66-12)33-43(59)58-23-19-22-41(58)47(67-13)38(9)48(60)53-40(32-39-20-17-16-18-21-39)49(61)55-72(64,65)37(8)15-2/h16-18,20-21,34-38,40-42,44-47H,14-15,19,22-33,52H2,1-13H3,(H,53,60)(H,54,62)(H,55,61). The second-order valence-electron chi connectivity index (χ2n) is 19.7. The van der Waals surface area contributed by atoms with E-state index in [0.717, 1.165) is 5.56 Å². The fourth-order valence-electron chi connectivity index (χ4n) is 9.18. The number of nitrogens with zero attached hydrogens (tertiary/aromatic N) is 3. The fraction of sp³-hybridized carbons (Fsp3) is 0.784. The molecule has 414 valence electrons.